The van der Waals surface area contributed by atoms with Gasteiger partial charge in [-0.3, -0.25) is 0 Å². The number of halogens is 3. The standard InChI is InChI=1S/C15H20F3N/c1-4-19-14(9-8-11(2)3)12-6-5-7-13(10-12)15(16,17)18/h5-7,10,14,19H,2,4,8-9H2,1,3H3. The Kier molecular flexibility index (Phi) is 5.60. The summed E-state index contributed by atoms with van der Waals surface area (Å²) in [6.45, 7) is 8.42. The van der Waals surface area contributed by atoms with Crippen LogP contribution in [0.3, 0.4) is 0 Å². The Hall–Kier alpha value is -1.29. The summed E-state index contributed by atoms with van der Waals surface area (Å²) in [6, 6.07) is 5.46. The fraction of sp³-hybridized carbons (Fsp3) is 0.467. The molecule has 0 heterocycles. The lowest BCUT2D eigenvalue weighted by atomic mass is 9.98. The van der Waals surface area contributed by atoms with Crippen LogP contribution < -0.4 is 5.32 Å². The van der Waals surface area contributed by atoms with Crippen molar-refractivity contribution in [1.29, 1.82) is 0 Å². The van der Waals surface area contributed by atoms with Crippen LogP contribution in [-0.2, 0) is 6.18 Å². The highest BCUT2D eigenvalue weighted by Gasteiger charge is 2.30. The van der Waals surface area contributed by atoms with Gasteiger partial charge in [-0.05, 0) is 44.0 Å². The van der Waals surface area contributed by atoms with E-state index in [1.54, 1.807) is 6.07 Å². The first-order valence-electron chi connectivity index (χ1n) is 6.39. The van der Waals surface area contributed by atoms with E-state index < -0.39 is 11.7 Å². The van der Waals surface area contributed by atoms with E-state index in [2.05, 4.69) is 11.9 Å². The second-order valence-corrected chi connectivity index (χ2v) is 4.73. The maximum Gasteiger partial charge on any atom is 0.416 e. The average Bonchev–Trinajstić information content (AvgIpc) is 2.33. The highest BCUT2D eigenvalue weighted by Crippen LogP contribution is 2.31. The summed E-state index contributed by atoms with van der Waals surface area (Å²) in [5.41, 5.74) is 1.12. The van der Waals surface area contributed by atoms with Crippen LogP contribution in [0.15, 0.2) is 36.4 Å². The number of allylic oxidation sites excluding steroid dienone is 1. The van der Waals surface area contributed by atoms with Crippen LogP contribution >= 0.6 is 0 Å². The molecule has 0 bridgehead atoms. The van der Waals surface area contributed by atoms with Crippen molar-refractivity contribution >= 4 is 0 Å². The molecule has 1 aromatic carbocycles. The van der Waals surface area contributed by atoms with Crippen molar-refractivity contribution in [2.75, 3.05) is 6.54 Å². The van der Waals surface area contributed by atoms with Gasteiger partial charge in [0.15, 0.2) is 0 Å². The van der Waals surface area contributed by atoms with Crippen LogP contribution in [0.1, 0.15) is 43.9 Å². The zero-order valence-electron chi connectivity index (χ0n) is 11.3. The molecule has 0 saturated heterocycles. The van der Waals surface area contributed by atoms with Crippen LogP contribution in [0.5, 0.6) is 0 Å². The van der Waals surface area contributed by atoms with Gasteiger partial charge in [0, 0.05) is 6.04 Å². The van der Waals surface area contributed by atoms with Crippen molar-refractivity contribution in [1.82, 2.24) is 5.32 Å². The molecule has 1 nitrogen and oxygen atoms in total. The zero-order valence-corrected chi connectivity index (χ0v) is 11.3. The third-order valence-electron chi connectivity index (χ3n) is 2.93. The predicted molar refractivity (Wildman–Crippen MR) is 71.9 cm³/mol. The molecule has 1 atom stereocenters. The van der Waals surface area contributed by atoms with E-state index in [0.29, 0.717) is 5.56 Å². The Morgan fingerprint density at radius 2 is 2.05 bits per heavy atom. The Labute approximate surface area is 112 Å². The number of benzene rings is 1. The molecular weight excluding hydrogens is 251 g/mol. The van der Waals surface area contributed by atoms with E-state index in [1.807, 2.05) is 13.8 Å². The SMILES string of the molecule is C=C(C)CCC(NCC)c1cccc(C(F)(F)F)c1. The number of nitrogens with one attached hydrogen (secondary N) is 1. The molecule has 0 aliphatic rings. The summed E-state index contributed by atoms with van der Waals surface area (Å²) < 4.78 is 38.1. The van der Waals surface area contributed by atoms with E-state index in [1.165, 1.54) is 12.1 Å². The second kappa shape index (κ2) is 6.75. The van der Waals surface area contributed by atoms with Gasteiger partial charge in [-0.1, -0.05) is 24.6 Å². The van der Waals surface area contributed by atoms with Gasteiger partial charge in [-0.2, -0.15) is 13.2 Å². The molecular formula is C15H20F3N. The van der Waals surface area contributed by atoms with Crippen molar-refractivity contribution in [3.05, 3.63) is 47.5 Å². The zero-order chi connectivity index (χ0) is 14.5. The lowest BCUT2D eigenvalue weighted by Gasteiger charge is -2.19. The summed E-state index contributed by atoms with van der Waals surface area (Å²) in [6.07, 6.45) is -2.74. The lowest BCUT2D eigenvalue weighted by molar-refractivity contribution is -0.137. The maximum absolute atomic E-state index is 12.7. The topological polar surface area (TPSA) is 12.0 Å². The molecule has 1 unspecified atom stereocenters. The molecule has 106 valence electrons. The number of rotatable bonds is 6. The molecule has 0 amide bonds. The van der Waals surface area contributed by atoms with E-state index in [-0.39, 0.29) is 6.04 Å². The van der Waals surface area contributed by atoms with Crippen LogP contribution in [0.25, 0.3) is 0 Å². The summed E-state index contributed by atoms with van der Waals surface area (Å²) in [5, 5.41) is 3.22. The third kappa shape index (κ3) is 5.07. The van der Waals surface area contributed by atoms with Crippen molar-refractivity contribution < 1.29 is 13.2 Å². The monoisotopic (exact) mass is 271 g/mol. The van der Waals surface area contributed by atoms with Gasteiger partial charge in [-0.25, -0.2) is 0 Å². The smallest absolute Gasteiger partial charge is 0.310 e. The fourth-order valence-corrected chi connectivity index (χ4v) is 1.96. The van der Waals surface area contributed by atoms with E-state index in [0.717, 1.165) is 31.0 Å². The first-order chi connectivity index (χ1) is 8.84. The first kappa shape index (κ1) is 15.8. The van der Waals surface area contributed by atoms with Crippen LogP contribution in [0.4, 0.5) is 13.2 Å². The Bertz CT molecular complexity index is 424. The minimum Gasteiger partial charge on any atom is -0.310 e. The summed E-state index contributed by atoms with van der Waals surface area (Å²) in [4.78, 5) is 0. The number of hydrogen-bond donors (Lipinski definition) is 1. The average molecular weight is 271 g/mol. The highest BCUT2D eigenvalue weighted by atomic mass is 19.4. The largest absolute Gasteiger partial charge is 0.416 e. The van der Waals surface area contributed by atoms with Gasteiger partial charge >= 0.3 is 6.18 Å². The van der Waals surface area contributed by atoms with Crippen molar-refractivity contribution in [3.8, 4) is 0 Å². The van der Waals surface area contributed by atoms with Gasteiger partial charge < -0.3 is 5.32 Å². The Balaban J connectivity index is 2.92. The van der Waals surface area contributed by atoms with Crippen LogP contribution in [0.2, 0.25) is 0 Å². The highest BCUT2D eigenvalue weighted by molar-refractivity contribution is 5.28. The van der Waals surface area contributed by atoms with Crippen molar-refractivity contribution in [2.24, 2.45) is 0 Å². The van der Waals surface area contributed by atoms with Gasteiger partial charge in [0.25, 0.3) is 0 Å². The first-order valence-corrected chi connectivity index (χ1v) is 6.39. The molecule has 1 rings (SSSR count). The van der Waals surface area contributed by atoms with Gasteiger partial charge in [-0.15, -0.1) is 6.58 Å². The van der Waals surface area contributed by atoms with Gasteiger partial charge in [0.2, 0.25) is 0 Å². The van der Waals surface area contributed by atoms with Crippen molar-refractivity contribution in [3.63, 3.8) is 0 Å². The van der Waals surface area contributed by atoms with Gasteiger partial charge in [0.1, 0.15) is 0 Å². The maximum atomic E-state index is 12.7. The lowest BCUT2D eigenvalue weighted by Crippen LogP contribution is -2.21. The molecule has 4 heteroatoms. The molecule has 0 fully saturated rings. The Morgan fingerprint density at radius 1 is 1.37 bits per heavy atom. The van der Waals surface area contributed by atoms with E-state index in [9.17, 15) is 13.2 Å². The second-order valence-electron chi connectivity index (χ2n) is 4.73. The quantitative estimate of drug-likeness (QED) is 0.739. The molecule has 0 aliphatic carbocycles. The number of hydrogen-bond acceptors (Lipinski definition) is 1. The van der Waals surface area contributed by atoms with E-state index in [4.69, 9.17) is 0 Å². The summed E-state index contributed by atoms with van der Waals surface area (Å²) in [7, 11) is 0. The van der Waals surface area contributed by atoms with Crippen LogP contribution in [0, 0.1) is 0 Å². The molecule has 0 aromatic heterocycles. The molecule has 0 radical (unpaired) electrons. The molecule has 19 heavy (non-hydrogen) atoms. The molecule has 0 aliphatic heterocycles. The molecule has 0 saturated carbocycles. The normalized spacial score (nSPS) is 13.3. The molecule has 0 spiro atoms. The fourth-order valence-electron chi connectivity index (χ4n) is 1.96. The predicted octanol–water partition coefficient (Wildman–Crippen LogP) is 4.71. The van der Waals surface area contributed by atoms with Crippen molar-refractivity contribution in [2.45, 2.75) is 38.9 Å². The minimum atomic E-state index is -4.29. The Morgan fingerprint density at radius 3 is 2.58 bits per heavy atom. The van der Waals surface area contributed by atoms with E-state index >= 15 is 0 Å². The number of alkyl halides is 3. The third-order valence-corrected chi connectivity index (χ3v) is 2.93. The van der Waals surface area contributed by atoms with Gasteiger partial charge in [0.05, 0.1) is 5.56 Å². The van der Waals surface area contributed by atoms with Crippen LogP contribution in [-0.4, -0.2) is 6.54 Å². The minimum absolute atomic E-state index is 0.0657. The molecule has 1 N–H and O–H groups in total. The summed E-state index contributed by atoms with van der Waals surface area (Å²) >= 11 is 0. The summed E-state index contributed by atoms with van der Waals surface area (Å²) in [5.74, 6) is 0. The molecule has 1 aromatic rings.